The molecular weight excluding hydrogens is 440 g/mol. The molecule has 5 heteroatoms. The Morgan fingerprint density at radius 3 is 1.97 bits per heavy atom. The fraction of sp³-hybridized carbons (Fsp3) is 0.367. The summed E-state index contributed by atoms with van der Waals surface area (Å²) in [6, 6.07) is 25.6. The minimum absolute atomic E-state index is 0.0437. The van der Waals surface area contributed by atoms with Crippen LogP contribution >= 0.6 is 0 Å². The molecule has 0 aliphatic rings. The Kier molecular flexibility index (Phi) is 8.94. The fourth-order valence-electron chi connectivity index (χ4n) is 3.72. The van der Waals surface area contributed by atoms with Crippen LogP contribution in [-0.2, 0) is 32.7 Å². The molecule has 0 spiro atoms. The second-order valence-corrected chi connectivity index (χ2v) is 9.81. The normalized spacial score (nSPS) is 13.1. The first-order chi connectivity index (χ1) is 16.7. The van der Waals surface area contributed by atoms with Gasteiger partial charge in [-0.25, -0.2) is 4.79 Å². The molecule has 0 saturated heterocycles. The maximum absolute atomic E-state index is 12.7. The van der Waals surface area contributed by atoms with Crippen LogP contribution in [0.5, 0.6) is 11.5 Å². The van der Waals surface area contributed by atoms with Crippen molar-refractivity contribution in [1.29, 1.82) is 0 Å². The van der Waals surface area contributed by atoms with Crippen LogP contribution in [-0.4, -0.2) is 31.9 Å². The van der Waals surface area contributed by atoms with Gasteiger partial charge in [-0.15, -0.1) is 0 Å². The Hall–Kier alpha value is -3.31. The molecular formula is C30H36O5. The number of hydrogen-bond donors (Lipinski definition) is 0. The van der Waals surface area contributed by atoms with Gasteiger partial charge in [-0.3, -0.25) is 0 Å². The van der Waals surface area contributed by atoms with Gasteiger partial charge < -0.3 is 18.9 Å². The summed E-state index contributed by atoms with van der Waals surface area (Å²) in [5, 5.41) is 0. The van der Waals surface area contributed by atoms with Gasteiger partial charge >= 0.3 is 5.97 Å². The first kappa shape index (κ1) is 26.3. The molecule has 0 saturated carbocycles. The summed E-state index contributed by atoms with van der Waals surface area (Å²) in [7, 11) is 1.38. The van der Waals surface area contributed by atoms with Gasteiger partial charge in [-0.2, -0.15) is 0 Å². The fourth-order valence-corrected chi connectivity index (χ4v) is 3.72. The second-order valence-electron chi connectivity index (χ2n) is 9.81. The molecule has 186 valence electrons. The zero-order valence-corrected chi connectivity index (χ0v) is 21.4. The van der Waals surface area contributed by atoms with Crippen molar-refractivity contribution in [2.24, 2.45) is 0 Å². The molecule has 0 aliphatic carbocycles. The molecule has 0 fully saturated rings. The van der Waals surface area contributed by atoms with Gasteiger partial charge in [-0.1, -0.05) is 75.4 Å². The summed E-state index contributed by atoms with van der Waals surface area (Å²) in [4.78, 5) is 12.7. The van der Waals surface area contributed by atoms with E-state index in [1.165, 1.54) is 12.7 Å². The van der Waals surface area contributed by atoms with E-state index < -0.39 is 11.6 Å². The molecule has 3 rings (SSSR count). The van der Waals surface area contributed by atoms with E-state index in [-0.39, 0.29) is 5.41 Å². The molecule has 1 unspecified atom stereocenters. The van der Waals surface area contributed by atoms with Gasteiger partial charge in [0, 0.05) is 6.42 Å². The lowest BCUT2D eigenvalue weighted by molar-refractivity contribution is -0.157. The van der Waals surface area contributed by atoms with E-state index in [0.717, 1.165) is 16.9 Å². The van der Waals surface area contributed by atoms with E-state index in [1.54, 1.807) is 6.92 Å². The predicted molar refractivity (Wildman–Crippen MR) is 138 cm³/mol. The van der Waals surface area contributed by atoms with Gasteiger partial charge in [0.1, 0.15) is 18.1 Å². The van der Waals surface area contributed by atoms with Crippen LogP contribution < -0.4 is 9.47 Å². The number of carbonyl (C=O) groups is 1. The standard InChI is InChI=1S/C30H36O5/c1-29(2,3)25-13-17-27(18-14-25)35-30(4,28(31)32-5)21-23-11-15-26(16-12-23)34-20-19-33-22-24-9-7-6-8-10-24/h6-18H,19-22H2,1-5H3. The summed E-state index contributed by atoms with van der Waals surface area (Å²) in [5.41, 5.74) is 2.16. The highest BCUT2D eigenvalue weighted by molar-refractivity contribution is 5.80. The van der Waals surface area contributed by atoms with E-state index in [0.29, 0.717) is 32.0 Å². The van der Waals surface area contributed by atoms with Gasteiger partial charge in [0.05, 0.1) is 20.3 Å². The minimum atomic E-state index is -1.16. The van der Waals surface area contributed by atoms with Crippen molar-refractivity contribution in [3.05, 3.63) is 95.6 Å². The van der Waals surface area contributed by atoms with Crippen LogP contribution in [0.1, 0.15) is 44.4 Å². The summed E-state index contributed by atoms with van der Waals surface area (Å²) in [5.74, 6) is 0.949. The maximum Gasteiger partial charge on any atom is 0.350 e. The van der Waals surface area contributed by atoms with Crippen LogP contribution in [0.25, 0.3) is 0 Å². The average Bonchev–Trinajstić information content (AvgIpc) is 2.84. The maximum atomic E-state index is 12.7. The monoisotopic (exact) mass is 476 g/mol. The van der Waals surface area contributed by atoms with E-state index in [9.17, 15) is 4.79 Å². The molecule has 5 nitrogen and oxygen atoms in total. The van der Waals surface area contributed by atoms with Crippen molar-refractivity contribution < 1.29 is 23.7 Å². The number of hydrogen-bond acceptors (Lipinski definition) is 5. The zero-order valence-electron chi connectivity index (χ0n) is 21.4. The Labute approximate surface area is 209 Å². The lowest BCUT2D eigenvalue weighted by atomic mass is 9.87. The van der Waals surface area contributed by atoms with Crippen molar-refractivity contribution in [1.82, 2.24) is 0 Å². The lowest BCUT2D eigenvalue weighted by Crippen LogP contribution is -2.44. The molecule has 0 radical (unpaired) electrons. The third-order valence-electron chi connectivity index (χ3n) is 5.75. The van der Waals surface area contributed by atoms with Crippen LogP contribution in [0.2, 0.25) is 0 Å². The first-order valence-corrected chi connectivity index (χ1v) is 11.9. The van der Waals surface area contributed by atoms with Gasteiger partial charge in [-0.05, 0) is 53.3 Å². The molecule has 0 heterocycles. The molecule has 0 aromatic heterocycles. The summed E-state index contributed by atoms with van der Waals surface area (Å²) < 4.78 is 22.7. The molecule has 35 heavy (non-hydrogen) atoms. The Morgan fingerprint density at radius 2 is 1.37 bits per heavy atom. The zero-order chi connectivity index (χ0) is 25.3. The SMILES string of the molecule is COC(=O)C(C)(Cc1ccc(OCCOCc2ccccc2)cc1)Oc1ccc(C(C)(C)C)cc1. The van der Waals surface area contributed by atoms with Crippen LogP contribution in [0.15, 0.2) is 78.9 Å². The molecule has 0 bridgehead atoms. The van der Waals surface area contributed by atoms with Gasteiger partial charge in [0.15, 0.2) is 0 Å². The van der Waals surface area contributed by atoms with Crippen molar-refractivity contribution in [2.45, 2.75) is 51.7 Å². The number of benzene rings is 3. The Bertz CT molecular complexity index is 1050. The second kappa shape index (κ2) is 11.9. The molecule has 3 aromatic carbocycles. The minimum Gasteiger partial charge on any atom is -0.491 e. The number of ether oxygens (including phenoxy) is 4. The molecule has 3 aromatic rings. The first-order valence-electron chi connectivity index (χ1n) is 11.9. The summed E-state index contributed by atoms with van der Waals surface area (Å²) >= 11 is 0. The van der Waals surface area contributed by atoms with Crippen LogP contribution in [0.3, 0.4) is 0 Å². The quantitative estimate of drug-likeness (QED) is 0.246. The molecule has 1 atom stereocenters. The summed E-state index contributed by atoms with van der Waals surface area (Å²) in [6.07, 6.45) is 0.362. The Morgan fingerprint density at radius 1 is 0.743 bits per heavy atom. The highest BCUT2D eigenvalue weighted by Crippen LogP contribution is 2.28. The number of esters is 1. The van der Waals surface area contributed by atoms with E-state index >= 15 is 0 Å². The number of carbonyl (C=O) groups excluding carboxylic acids is 1. The highest BCUT2D eigenvalue weighted by atomic mass is 16.6. The van der Waals surface area contributed by atoms with Crippen molar-refractivity contribution in [2.75, 3.05) is 20.3 Å². The third kappa shape index (κ3) is 7.86. The predicted octanol–water partition coefficient (Wildman–Crippen LogP) is 6.13. The van der Waals surface area contributed by atoms with Gasteiger partial charge in [0.25, 0.3) is 0 Å². The van der Waals surface area contributed by atoms with E-state index in [1.807, 2.05) is 78.9 Å². The van der Waals surface area contributed by atoms with Gasteiger partial charge in [0.2, 0.25) is 5.60 Å². The third-order valence-corrected chi connectivity index (χ3v) is 5.75. The van der Waals surface area contributed by atoms with Crippen molar-refractivity contribution >= 4 is 5.97 Å². The van der Waals surface area contributed by atoms with Crippen LogP contribution in [0.4, 0.5) is 0 Å². The topological polar surface area (TPSA) is 54.0 Å². The number of methoxy groups -OCH3 is 1. The number of rotatable bonds is 11. The summed E-state index contributed by atoms with van der Waals surface area (Å²) in [6.45, 7) is 9.75. The Balaban J connectivity index is 1.55. The average molecular weight is 477 g/mol. The molecule has 0 aliphatic heterocycles. The largest absolute Gasteiger partial charge is 0.491 e. The van der Waals surface area contributed by atoms with E-state index in [4.69, 9.17) is 18.9 Å². The van der Waals surface area contributed by atoms with Crippen molar-refractivity contribution in [3.63, 3.8) is 0 Å². The molecule has 0 amide bonds. The van der Waals surface area contributed by atoms with E-state index in [2.05, 4.69) is 20.8 Å². The lowest BCUT2D eigenvalue weighted by Gasteiger charge is -2.28. The molecule has 0 N–H and O–H groups in total. The van der Waals surface area contributed by atoms with Crippen molar-refractivity contribution in [3.8, 4) is 11.5 Å². The highest BCUT2D eigenvalue weighted by Gasteiger charge is 2.37. The van der Waals surface area contributed by atoms with Crippen LogP contribution in [0, 0.1) is 0 Å². The smallest absolute Gasteiger partial charge is 0.350 e.